The summed E-state index contributed by atoms with van der Waals surface area (Å²) in [5.41, 5.74) is -5.79. The van der Waals surface area contributed by atoms with Gasteiger partial charge in [-0.15, -0.1) is 25.6 Å². The predicted molar refractivity (Wildman–Crippen MR) is 118 cm³/mol. The van der Waals surface area contributed by atoms with Crippen molar-refractivity contribution in [1.29, 1.82) is 0 Å². The van der Waals surface area contributed by atoms with Gasteiger partial charge < -0.3 is 19.0 Å². The van der Waals surface area contributed by atoms with Crippen LogP contribution < -0.4 is 14.2 Å². The molecule has 0 unspecified atom stereocenters. The van der Waals surface area contributed by atoms with E-state index in [-0.39, 0.29) is 37.0 Å². The second-order valence-electron chi connectivity index (χ2n) is 8.41. The van der Waals surface area contributed by atoms with Gasteiger partial charge in [0.05, 0.1) is 18.2 Å². The Labute approximate surface area is 209 Å². The minimum absolute atomic E-state index is 0. The third-order valence-corrected chi connectivity index (χ3v) is 7.05. The number of hydrogen-bond donors (Lipinski definition) is 1. The minimum Gasteiger partial charge on any atom is -0.406 e. The number of ether oxygens (including phenoxy) is 2. The highest BCUT2D eigenvalue weighted by atomic mass is 35.5. The molecule has 2 aliphatic heterocycles. The van der Waals surface area contributed by atoms with Gasteiger partial charge in [0.25, 0.3) is 0 Å². The number of rotatable bonds is 5. The van der Waals surface area contributed by atoms with Crippen molar-refractivity contribution >= 4 is 22.5 Å². The first kappa shape index (κ1) is 28.4. The van der Waals surface area contributed by atoms with Crippen LogP contribution in [-0.4, -0.2) is 39.0 Å². The van der Waals surface area contributed by atoms with E-state index in [0.29, 0.717) is 19.0 Å². The van der Waals surface area contributed by atoms with Crippen LogP contribution in [0.2, 0.25) is 0 Å². The summed E-state index contributed by atoms with van der Waals surface area (Å²) in [6.45, 7) is 0.630. The van der Waals surface area contributed by atoms with E-state index < -0.39 is 45.0 Å². The number of nitrogens with one attached hydrogen (secondary N) is 1. The maximum Gasteiger partial charge on any atom is 0.573 e. The summed E-state index contributed by atoms with van der Waals surface area (Å²) < 4.78 is 115. The first-order chi connectivity index (χ1) is 16.3. The van der Waals surface area contributed by atoms with Crippen molar-refractivity contribution < 1.29 is 48.4 Å². The second kappa shape index (κ2) is 10.3. The number of benzene rings is 2. The highest BCUT2D eigenvalue weighted by Gasteiger charge is 2.51. The molecule has 36 heavy (non-hydrogen) atoms. The molecule has 3 atom stereocenters. The van der Waals surface area contributed by atoms with Crippen LogP contribution in [0.25, 0.3) is 0 Å². The Morgan fingerprint density at radius 1 is 1.03 bits per heavy atom. The van der Waals surface area contributed by atoms with E-state index >= 15 is 0 Å². The Bertz CT molecular complexity index is 1160. The van der Waals surface area contributed by atoms with Crippen LogP contribution in [0.1, 0.15) is 42.3 Å². The molecule has 0 bridgehead atoms. The summed E-state index contributed by atoms with van der Waals surface area (Å²) in [4.78, 5) is 0. The highest BCUT2D eigenvalue weighted by molar-refractivity contribution is 7.88. The zero-order valence-corrected chi connectivity index (χ0v) is 20.1. The molecule has 200 valence electrons. The van der Waals surface area contributed by atoms with Gasteiger partial charge in [-0.25, -0.2) is 0 Å². The molecule has 0 radical (unpaired) electrons. The van der Waals surface area contributed by atoms with Crippen molar-refractivity contribution in [3.63, 3.8) is 0 Å². The summed E-state index contributed by atoms with van der Waals surface area (Å²) in [7, 11) is -6.05. The lowest BCUT2D eigenvalue weighted by atomic mass is 9.77. The number of piperidine rings is 1. The Kier molecular flexibility index (Phi) is 8.09. The topological polar surface area (TPSA) is 73.9 Å². The number of alkyl halides is 6. The van der Waals surface area contributed by atoms with E-state index in [2.05, 4.69) is 14.2 Å². The largest absolute Gasteiger partial charge is 0.573 e. The van der Waals surface area contributed by atoms with Gasteiger partial charge in [0, 0.05) is 11.5 Å². The summed E-state index contributed by atoms with van der Waals surface area (Å²) in [6.07, 6.45) is -3.53. The molecule has 2 aromatic rings. The first-order valence-corrected chi connectivity index (χ1v) is 12.0. The molecular formula is C22H22ClF6NO5S. The predicted octanol–water partition coefficient (Wildman–Crippen LogP) is 5.60. The lowest BCUT2D eigenvalue weighted by Crippen LogP contribution is -2.48. The van der Waals surface area contributed by atoms with Crippen molar-refractivity contribution in [2.45, 2.75) is 48.7 Å². The smallest absolute Gasteiger partial charge is 0.406 e. The summed E-state index contributed by atoms with van der Waals surface area (Å²) >= 11 is 0. The van der Waals surface area contributed by atoms with E-state index in [1.165, 1.54) is 0 Å². The van der Waals surface area contributed by atoms with E-state index in [4.69, 9.17) is 4.74 Å². The fourth-order valence-electron chi connectivity index (χ4n) is 4.69. The van der Waals surface area contributed by atoms with Crippen molar-refractivity contribution in [3.05, 3.63) is 59.7 Å². The molecule has 0 amide bonds. The van der Waals surface area contributed by atoms with Gasteiger partial charge >= 0.3 is 22.0 Å². The van der Waals surface area contributed by atoms with Crippen LogP contribution in [0.5, 0.6) is 11.5 Å². The van der Waals surface area contributed by atoms with E-state index in [1.807, 2.05) is 30.3 Å². The molecule has 0 aliphatic carbocycles. The molecule has 2 heterocycles. The Balaban J connectivity index is 0.00000361. The van der Waals surface area contributed by atoms with Crippen LogP contribution in [0.4, 0.5) is 26.3 Å². The van der Waals surface area contributed by atoms with Gasteiger partial charge in [0.2, 0.25) is 0 Å². The second-order valence-corrected chi connectivity index (χ2v) is 9.95. The molecule has 1 spiro atoms. The summed E-state index contributed by atoms with van der Waals surface area (Å²) in [5, 5.41) is 3.38. The van der Waals surface area contributed by atoms with Gasteiger partial charge in [0.15, 0.2) is 0 Å². The molecular weight excluding hydrogens is 540 g/mol. The Hall–Kier alpha value is -2.22. The van der Waals surface area contributed by atoms with Gasteiger partial charge in [0.1, 0.15) is 11.5 Å². The first-order valence-electron chi connectivity index (χ1n) is 10.6. The van der Waals surface area contributed by atoms with Gasteiger partial charge in [-0.3, -0.25) is 0 Å². The van der Waals surface area contributed by atoms with Crippen LogP contribution in [0, 0.1) is 0 Å². The third kappa shape index (κ3) is 6.01. The van der Waals surface area contributed by atoms with Crippen LogP contribution >= 0.6 is 12.4 Å². The fourth-order valence-corrected chi connectivity index (χ4v) is 5.17. The highest BCUT2D eigenvalue weighted by Crippen LogP contribution is 2.50. The quantitative estimate of drug-likeness (QED) is 0.291. The molecule has 4 rings (SSSR count). The standard InChI is InChI=1S/C22H21F6NO5S.ClH/c23-21(24,25)33-16-7-8-18(34-35(30,31)22(26,27)28)17(11-16)15-12-20(32-13-15)9-4-10-29-19(20)14-5-2-1-3-6-14;/h1-3,5-8,11,15,19,29H,4,9-10,12-13H2;1H/t15-,19+,20-;/m1./s1. The van der Waals surface area contributed by atoms with E-state index in [1.54, 1.807) is 0 Å². The maximum absolute atomic E-state index is 12.9. The minimum atomic E-state index is -6.05. The van der Waals surface area contributed by atoms with Gasteiger partial charge in [-0.2, -0.15) is 21.6 Å². The van der Waals surface area contributed by atoms with Crippen molar-refractivity contribution in [3.8, 4) is 11.5 Å². The molecule has 14 heteroatoms. The van der Waals surface area contributed by atoms with Crippen molar-refractivity contribution in [1.82, 2.24) is 5.32 Å². The van der Waals surface area contributed by atoms with Crippen molar-refractivity contribution in [2.75, 3.05) is 13.2 Å². The zero-order valence-electron chi connectivity index (χ0n) is 18.4. The zero-order chi connectivity index (χ0) is 25.5. The molecule has 6 nitrogen and oxygen atoms in total. The molecule has 2 fully saturated rings. The molecule has 0 aromatic heterocycles. The average molecular weight is 562 g/mol. The Morgan fingerprint density at radius 3 is 2.36 bits per heavy atom. The van der Waals surface area contributed by atoms with Gasteiger partial charge in [-0.05, 0) is 49.6 Å². The molecule has 1 N–H and O–H groups in total. The van der Waals surface area contributed by atoms with Crippen LogP contribution in [0.3, 0.4) is 0 Å². The molecule has 2 aromatic carbocycles. The molecule has 0 saturated carbocycles. The molecule has 2 saturated heterocycles. The summed E-state index contributed by atoms with van der Waals surface area (Å²) in [6, 6.07) is 11.3. The van der Waals surface area contributed by atoms with Crippen molar-refractivity contribution in [2.24, 2.45) is 0 Å². The van der Waals surface area contributed by atoms with Crippen LogP contribution in [-0.2, 0) is 14.9 Å². The van der Waals surface area contributed by atoms with Gasteiger partial charge in [-0.1, -0.05) is 30.3 Å². The summed E-state index contributed by atoms with van der Waals surface area (Å²) in [5.74, 6) is -2.20. The normalized spacial score (nSPS) is 24.8. The third-order valence-electron chi connectivity index (χ3n) is 6.09. The van der Waals surface area contributed by atoms with Crippen LogP contribution in [0.15, 0.2) is 48.5 Å². The molecule has 2 aliphatic rings. The Morgan fingerprint density at radius 2 is 1.72 bits per heavy atom. The van der Waals surface area contributed by atoms with E-state index in [9.17, 15) is 34.8 Å². The SMILES string of the molecule is Cl.O=S(=O)(Oc1ccc(OC(F)(F)F)cc1[C@H]1CO[C@]2(CCCN[C@H]2c2ccccc2)C1)C(F)(F)F. The lowest BCUT2D eigenvalue weighted by Gasteiger charge is -2.41. The average Bonchev–Trinajstić information content (AvgIpc) is 3.17. The maximum atomic E-state index is 12.9. The number of halogens is 7. The monoisotopic (exact) mass is 561 g/mol. The lowest BCUT2D eigenvalue weighted by molar-refractivity contribution is -0.274. The fraction of sp³-hybridized carbons (Fsp3) is 0.455. The van der Waals surface area contributed by atoms with E-state index in [0.717, 1.165) is 24.1 Å². The number of hydrogen-bond acceptors (Lipinski definition) is 6.